The van der Waals surface area contributed by atoms with E-state index in [2.05, 4.69) is 0 Å². The summed E-state index contributed by atoms with van der Waals surface area (Å²) in [6.07, 6.45) is 0.712. The van der Waals surface area contributed by atoms with Gasteiger partial charge in [0.25, 0.3) is 0 Å². The SMILES string of the molecule is CCOC(=O)c1ccc(C#N)cc1CC. The van der Waals surface area contributed by atoms with Crippen LogP contribution in [-0.2, 0) is 11.2 Å². The second-order valence-electron chi connectivity index (χ2n) is 3.06. The van der Waals surface area contributed by atoms with Gasteiger partial charge in [-0.2, -0.15) is 5.26 Å². The lowest BCUT2D eigenvalue weighted by molar-refractivity contribution is 0.0525. The first-order chi connectivity index (χ1) is 7.22. The van der Waals surface area contributed by atoms with E-state index in [9.17, 15) is 4.79 Å². The molecule has 0 aliphatic rings. The van der Waals surface area contributed by atoms with E-state index in [0.717, 1.165) is 5.56 Å². The summed E-state index contributed by atoms with van der Waals surface area (Å²) in [5, 5.41) is 8.72. The third-order valence-corrected chi connectivity index (χ3v) is 2.11. The van der Waals surface area contributed by atoms with Crippen LogP contribution in [0.4, 0.5) is 0 Å². The van der Waals surface area contributed by atoms with Crippen LogP contribution in [0.1, 0.15) is 35.3 Å². The Balaban J connectivity index is 3.08. The first kappa shape index (κ1) is 11.3. The fourth-order valence-corrected chi connectivity index (χ4v) is 1.36. The Bertz CT molecular complexity index is 405. The second kappa shape index (κ2) is 5.16. The minimum atomic E-state index is -0.321. The highest BCUT2D eigenvalue weighted by molar-refractivity contribution is 5.91. The molecule has 0 N–H and O–H groups in total. The van der Waals surface area contributed by atoms with Crippen molar-refractivity contribution in [2.45, 2.75) is 20.3 Å². The molecule has 0 radical (unpaired) electrons. The smallest absolute Gasteiger partial charge is 0.338 e. The lowest BCUT2D eigenvalue weighted by atomic mass is 10.0. The molecule has 0 heterocycles. The first-order valence-corrected chi connectivity index (χ1v) is 4.93. The molecule has 0 fully saturated rings. The Hall–Kier alpha value is -1.82. The van der Waals surface area contributed by atoms with Crippen LogP contribution >= 0.6 is 0 Å². The molecule has 0 aromatic heterocycles. The van der Waals surface area contributed by atoms with Crippen molar-refractivity contribution in [3.63, 3.8) is 0 Å². The highest BCUT2D eigenvalue weighted by atomic mass is 16.5. The molecule has 3 heteroatoms. The van der Waals surface area contributed by atoms with E-state index in [4.69, 9.17) is 10.00 Å². The van der Waals surface area contributed by atoms with E-state index in [0.29, 0.717) is 24.2 Å². The van der Waals surface area contributed by atoms with Crippen molar-refractivity contribution in [2.24, 2.45) is 0 Å². The molecular formula is C12H13NO2. The van der Waals surface area contributed by atoms with Crippen LogP contribution in [0.5, 0.6) is 0 Å². The number of hydrogen-bond acceptors (Lipinski definition) is 3. The van der Waals surface area contributed by atoms with Gasteiger partial charge in [-0.05, 0) is 37.1 Å². The predicted molar refractivity (Wildman–Crippen MR) is 56.5 cm³/mol. The van der Waals surface area contributed by atoms with E-state index in [1.54, 1.807) is 25.1 Å². The van der Waals surface area contributed by atoms with Gasteiger partial charge < -0.3 is 4.74 Å². The minimum Gasteiger partial charge on any atom is -0.462 e. The number of aryl methyl sites for hydroxylation is 1. The summed E-state index contributed by atoms with van der Waals surface area (Å²) >= 11 is 0. The summed E-state index contributed by atoms with van der Waals surface area (Å²) in [6, 6.07) is 7.05. The summed E-state index contributed by atoms with van der Waals surface area (Å²) in [5.74, 6) is -0.321. The van der Waals surface area contributed by atoms with E-state index >= 15 is 0 Å². The molecule has 0 atom stereocenters. The van der Waals surface area contributed by atoms with E-state index < -0.39 is 0 Å². The number of nitrogens with zero attached hydrogens (tertiary/aromatic N) is 1. The molecule has 1 rings (SSSR count). The fraction of sp³-hybridized carbons (Fsp3) is 0.333. The number of hydrogen-bond donors (Lipinski definition) is 0. The van der Waals surface area contributed by atoms with Gasteiger partial charge in [0.15, 0.2) is 0 Å². The molecule has 0 bridgehead atoms. The Labute approximate surface area is 89.3 Å². The monoisotopic (exact) mass is 203 g/mol. The van der Waals surface area contributed by atoms with Crippen LogP contribution in [0, 0.1) is 11.3 Å². The molecule has 78 valence electrons. The second-order valence-corrected chi connectivity index (χ2v) is 3.06. The van der Waals surface area contributed by atoms with E-state index in [1.807, 2.05) is 13.0 Å². The zero-order valence-electron chi connectivity index (χ0n) is 8.91. The van der Waals surface area contributed by atoms with Crippen molar-refractivity contribution in [3.05, 3.63) is 34.9 Å². The van der Waals surface area contributed by atoms with Crippen LogP contribution in [0.15, 0.2) is 18.2 Å². The normalized spacial score (nSPS) is 9.40. The van der Waals surface area contributed by atoms with E-state index in [-0.39, 0.29) is 5.97 Å². The lowest BCUT2D eigenvalue weighted by Crippen LogP contribution is -2.08. The van der Waals surface area contributed by atoms with Crippen molar-refractivity contribution < 1.29 is 9.53 Å². The average molecular weight is 203 g/mol. The zero-order chi connectivity index (χ0) is 11.3. The summed E-state index contributed by atoms with van der Waals surface area (Å²) in [5.41, 5.74) is 1.98. The summed E-state index contributed by atoms with van der Waals surface area (Å²) in [7, 11) is 0. The topological polar surface area (TPSA) is 50.1 Å². The maximum atomic E-state index is 11.5. The molecular weight excluding hydrogens is 190 g/mol. The van der Waals surface area contributed by atoms with Gasteiger partial charge in [-0.3, -0.25) is 0 Å². The van der Waals surface area contributed by atoms with Crippen molar-refractivity contribution in [1.82, 2.24) is 0 Å². The van der Waals surface area contributed by atoms with Crippen LogP contribution < -0.4 is 0 Å². The molecule has 1 aromatic carbocycles. The van der Waals surface area contributed by atoms with Crippen LogP contribution in [-0.4, -0.2) is 12.6 Å². The molecule has 1 aromatic rings. The number of rotatable bonds is 3. The van der Waals surface area contributed by atoms with Crippen molar-refractivity contribution >= 4 is 5.97 Å². The molecule has 0 amide bonds. The van der Waals surface area contributed by atoms with Crippen molar-refractivity contribution in [3.8, 4) is 6.07 Å². The molecule has 15 heavy (non-hydrogen) atoms. The third kappa shape index (κ3) is 2.57. The Kier molecular flexibility index (Phi) is 3.87. The quantitative estimate of drug-likeness (QED) is 0.708. The molecule has 0 unspecified atom stereocenters. The largest absolute Gasteiger partial charge is 0.462 e. The van der Waals surface area contributed by atoms with Gasteiger partial charge >= 0.3 is 5.97 Å². The van der Waals surface area contributed by atoms with Crippen LogP contribution in [0.25, 0.3) is 0 Å². The van der Waals surface area contributed by atoms with Gasteiger partial charge in [-0.15, -0.1) is 0 Å². The maximum Gasteiger partial charge on any atom is 0.338 e. The number of esters is 1. The molecule has 3 nitrogen and oxygen atoms in total. The predicted octanol–water partition coefficient (Wildman–Crippen LogP) is 2.30. The lowest BCUT2D eigenvalue weighted by Gasteiger charge is -2.06. The van der Waals surface area contributed by atoms with Gasteiger partial charge in [0.2, 0.25) is 0 Å². The molecule has 0 saturated heterocycles. The van der Waals surface area contributed by atoms with Crippen molar-refractivity contribution in [1.29, 1.82) is 5.26 Å². The fourth-order valence-electron chi connectivity index (χ4n) is 1.36. The standard InChI is InChI=1S/C12H13NO2/c1-3-10-7-9(8-13)5-6-11(10)12(14)15-4-2/h5-7H,3-4H2,1-2H3. The molecule has 0 spiro atoms. The maximum absolute atomic E-state index is 11.5. The highest BCUT2D eigenvalue weighted by Crippen LogP contribution is 2.13. The number of carbonyl (C=O) groups is 1. The number of nitriles is 1. The Morgan fingerprint density at radius 3 is 2.73 bits per heavy atom. The van der Waals surface area contributed by atoms with Gasteiger partial charge in [0.1, 0.15) is 0 Å². The van der Waals surface area contributed by atoms with Gasteiger partial charge in [-0.1, -0.05) is 6.92 Å². The van der Waals surface area contributed by atoms with Gasteiger partial charge in [0, 0.05) is 0 Å². The molecule has 0 saturated carbocycles. The van der Waals surface area contributed by atoms with Gasteiger partial charge in [-0.25, -0.2) is 4.79 Å². The Morgan fingerprint density at radius 1 is 1.47 bits per heavy atom. The van der Waals surface area contributed by atoms with Crippen LogP contribution in [0.3, 0.4) is 0 Å². The number of carbonyl (C=O) groups excluding carboxylic acids is 1. The summed E-state index contributed by atoms with van der Waals surface area (Å²) in [4.78, 5) is 11.5. The average Bonchev–Trinajstić information content (AvgIpc) is 2.28. The zero-order valence-corrected chi connectivity index (χ0v) is 8.91. The molecule has 0 aliphatic carbocycles. The molecule has 0 aliphatic heterocycles. The number of ether oxygens (including phenoxy) is 1. The Morgan fingerprint density at radius 2 is 2.20 bits per heavy atom. The third-order valence-electron chi connectivity index (χ3n) is 2.11. The minimum absolute atomic E-state index is 0.321. The summed E-state index contributed by atoms with van der Waals surface area (Å²) in [6.45, 7) is 4.08. The van der Waals surface area contributed by atoms with E-state index in [1.165, 1.54) is 0 Å². The van der Waals surface area contributed by atoms with Gasteiger partial charge in [0.05, 0.1) is 23.8 Å². The number of benzene rings is 1. The highest BCUT2D eigenvalue weighted by Gasteiger charge is 2.11. The van der Waals surface area contributed by atoms with Crippen LogP contribution in [0.2, 0.25) is 0 Å². The summed E-state index contributed by atoms with van der Waals surface area (Å²) < 4.78 is 4.92. The first-order valence-electron chi connectivity index (χ1n) is 4.93. The van der Waals surface area contributed by atoms with Crippen molar-refractivity contribution in [2.75, 3.05) is 6.61 Å².